The number of benzene rings is 3. The van der Waals surface area contributed by atoms with Gasteiger partial charge in [0.15, 0.2) is 0 Å². The zero-order chi connectivity index (χ0) is 29.9. The van der Waals surface area contributed by atoms with Crippen molar-refractivity contribution in [2.24, 2.45) is 0 Å². The van der Waals surface area contributed by atoms with E-state index in [9.17, 15) is 4.79 Å². The van der Waals surface area contributed by atoms with E-state index in [1.54, 1.807) is 7.11 Å². The maximum Gasteiger partial charge on any atom is 0.220 e. The number of nitrogens with one attached hydrogen (secondary N) is 3. The molecule has 0 aliphatic carbocycles. The number of ether oxygens (including phenoxy) is 1. The molecule has 1 atom stereocenters. The van der Waals surface area contributed by atoms with Gasteiger partial charge in [-0.25, -0.2) is 4.98 Å². The van der Waals surface area contributed by atoms with Gasteiger partial charge in [0.25, 0.3) is 0 Å². The van der Waals surface area contributed by atoms with Gasteiger partial charge in [0, 0.05) is 85.7 Å². The van der Waals surface area contributed by atoms with Gasteiger partial charge in [0.2, 0.25) is 11.8 Å². The van der Waals surface area contributed by atoms with Crippen LogP contribution in [-0.2, 0) is 17.9 Å². The summed E-state index contributed by atoms with van der Waals surface area (Å²) >= 11 is 14.2. The largest absolute Gasteiger partial charge is 0.481 e. The van der Waals surface area contributed by atoms with Crippen LogP contribution in [0, 0.1) is 0 Å². The highest BCUT2D eigenvalue weighted by Gasteiger charge is 2.21. The first kappa shape index (κ1) is 29.5. The summed E-state index contributed by atoms with van der Waals surface area (Å²) in [6.45, 7) is 4.02. The van der Waals surface area contributed by atoms with Crippen LogP contribution < -0.4 is 25.6 Å². The normalized spacial score (nSPS) is 16.5. The highest BCUT2D eigenvalue weighted by molar-refractivity contribution is 6.39. The van der Waals surface area contributed by atoms with Crippen LogP contribution in [0.15, 0.2) is 66.7 Å². The highest BCUT2D eigenvalue weighted by atomic mass is 35.5. The zero-order valence-electron chi connectivity index (χ0n) is 24.3. The summed E-state index contributed by atoms with van der Waals surface area (Å²) in [7, 11) is 3.74. The van der Waals surface area contributed by atoms with Gasteiger partial charge < -0.3 is 25.6 Å². The van der Waals surface area contributed by atoms with Crippen LogP contribution in [0.1, 0.15) is 24.0 Å². The van der Waals surface area contributed by atoms with Gasteiger partial charge in [-0.05, 0) is 35.7 Å². The Kier molecular flexibility index (Phi) is 8.86. The molecule has 0 unspecified atom stereocenters. The number of rotatable bonds is 8. The fraction of sp³-hybridized carbons (Fsp3) is 0.294. The number of methoxy groups -OCH3 is 1. The number of hydrogen-bond acceptors (Lipinski definition) is 6. The molecule has 0 spiro atoms. The van der Waals surface area contributed by atoms with Gasteiger partial charge in [0.1, 0.15) is 0 Å². The Morgan fingerprint density at radius 1 is 1.00 bits per heavy atom. The van der Waals surface area contributed by atoms with Gasteiger partial charge >= 0.3 is 0 Å². The predicted octanol–water partition coefficient (Wildman–Crippen LogP) is 6.31. The molecule has 1 saturated heterocycles. The van der Waals surface area contributed by atoms with Gasteiger partial charge in [0.05, 0.1) is 22.8 Å². The standard InChI is InChI=1S/C34H35Cl2N5O2/c1-41-16-15-37-19-23-17-21(10-13-30(23)41)25-5-3-6-26(32(25)35)27-7-4-8-28(33(27)36)29-12-9-22(34(40-29)43-2)18-38-20-24-11-14-31(42)39-24/h3-10,12-13,17,24,37-38H,11,14-16,18-20H2,1-2H3,(H,39,42)/t24-/m0/s1. The Balaban J connectivity index is 1.27. The van der Waals surface area contributed by atoms with Crippen molar-refractivity contribution in [1.82, 2.24) is 20.9 Å². The summed E-state index contributed by atoms with van der Waals surface area (Å²) in [5.41, 5.74) is 8.67. The Bertz CT molecular complexity index is 1660. The van der Waals surface area contributed by atoms with E-state index in [1.807, 2.05) is 42.5 Å². The summed E-state index contributed by atoms with van der Waals surface area (Å²) in [6, 6.07) is 22.7. The minimum absolute atomic E-state index is 0.113. The van der Waals surface area contributed by atoms with E-state index in [2.05, 4.69) is 52.2 Å². The number of likely N-dealkylation sites (N-methyl/N-ethyl adjacent to an activating group) is 1. The van der Waals surface area contributed by atoms with Gasteiger partial charge in [-0.15, -0.1) is 0 Å². The molecular formula is C34H35Cl2N5O2. The quantitative estimate of drug-likeness (QED) is 0.216. The van der Waals surface area contributed by atoms with Crippen LogP contribution in [0.4, 0.5) is 5.69 Å². The van der Waals surface area contributed by atoms with E-state index in [0.717, 1.165) is 59.4 Å². The van der Waals surface area contributed by atoms with Crippen molar-refractivity contribution in [2.75, 3.05) is 38.7 Å². The van der Waals surface area contributed by atoms with Crippen LogP contribution in [-0.4, -0.2) is 50.7 Å². The first-order chi connectivity index (χ1) is 20.9. The number of anilines is 1. The molecule has 3 aromatic carbocycles. The molecule has 2 aliphatic rings. The van der Waals surface area contributed by atoms with Crippen molar-refractivity contribution in [1.29, 1.82) is 0 Å². The summed E-state index contributed by atoms with van der Waals surface area (Å²) < 4.78 is 5.65. The molecule has 1 amide bonds. The molecule has 4 aromatic rings. The maximum atomic E-state index is 11.5. The van der Waals surface area contributed by atoms with Crippen molar-refractivity contribution in [3.05, 3.63) is 87.9 Å². The number of halogens is 2. The lowest BCUT2D eigenvalue weighted by atomic mass is 9.95. The van der Waals surface area contributed by atoms with E-state index >= 15 is 0 Å². The third kappa shape index (κ3) is 6.22. The molecule has 222 valence electrons. The van der Waals surface area contributed by atoms with Gasteiger partial charge in [-0.2, -0.15) is 0 Å². The predicted molar refractivity (Wildman–Crippen MR) is 175 cm³/mol. The van der Waals surface area contributed by atoms with E-state index in [-0.39, 0.29) is 11.9 Å². The van der Waals surface area contributed by atoms with Crippen molar-refractivity contribution in [3.63, 3.8) is 0 Å². The minimum atomic E-state index is 0.113. The number of hydrogen-bond donors (Lipinski definition) is 3. The summed E-state index contributed by atoms with van der Waals surface area (Å²) in [4.78, 5) is 18.6. The Labute approximate surface area is 262 Å². The molecule has 6 rings (SSSR count). The van der Waals surface area contributed by atoms with Crippen LogP contribution in [0.5, 0.6) is 5.88 Å². The van der Waals surface area contributed by atoms with Gasteiger partial charge in [-0.3, -0.25) is 4.79 Å². The number of amides is 1. The van der Waals surface area contributed by atoms with Gasteiger partial charge in [-0.1, -0.05) is 71.7 Å². The summed E-state index contributed by atoms with van der Waals surface area (Å²) in [5.74, 6) is 0.646. The molecule has 0 bridgehead atoms. The average molecular weight is 617 g/mol. The molecule has 2 aliphatic heterocycles. The summed E-state index contributed by atoms with van der Waals surface area (Å²) in [6.07, 6.45) is 1.44. The third-order valence-electron chi connectivity index (χ3n) is 8.23. The van der Waals surface area contributed by atoms with Crippen molar-refractivity contribution < 1.29 is 9.53 Å². The first-order valence-electron chi connectivity index (χ1n) is 14.6. The maximum absolute atomic E-state index is 11.5. The molecule has 43 heavy (non-hydrogen) atoms. The third-order valence-corrected chi connectivity index (χ3v) is 9.04. The molecular weight excluding hydrogens is 581 g/mol. The number of pyridine rings is 1. The Hall–Kier alpha value is -3.62. The summed E-state index contributed by atoms with van der Waals surface area (Å²) in [5, 5.41) is 11.1. The fourth-order valence-corrected chi connectivity index (χ4v) is 6.56. The highest BCUT2D eigenvalue weighted by Crippen LogP contribution is 2.43. The lowest BCUT2D eigenvalue weighted by Crippen LogP contribution is -2.35. The van der Waals surface area contributed by atoms with Crippen molar-refractivity contribution >= 4 is 34.8 Å². The van der Waals surface area contributed by atoms with E-state index in [1.165, 1.54) is 11.3 Å². The number of aromatic nitrogens is 1. The monoisotopic (exact) mass is 615 g/mol. The van der Waals surface area contributed by atoms with E-state index in [0.29, 0.717) is 41.1 Å². The van der Waals surface area contributed by atoms with E-state index < -0.39 is 0 Å². The zero-order valence-corrected chi connectivity index (χ0v) is 25.9. The van der Waals surface area contributed by atoms with Crippen LogP contribution in [0.25, 0.3) is 33.5 Å². The second-order valence-electron chi connectivity index (χ2n) is 11.1. The molecule has 1 fully saturated rings. The number of carbonyl (C=O) groups is 1. The average Bonchev–Trinajstić information content (AvgIpc) is 3.34. The Morgan fingerprint density at radius 2 is 1.74 bits per heavy atom. The fourth-order valence-electron chi connectivity index (χ4n) is 5.90. The topological polar surface area (TPSA) is 78.5 Å². The number of carbonyl (C=O) groups excluding carboxylic acids is 1. The van der Waals surface area contributed by atoms with Crippen molar-refractivity contribution in [2.45, 2.75) is 32.0 Å². The lowest BCUT2D eigenvalue weighted by Gasteiger charge is -2.20. The minimum Gasteiger partial charge on any atom is -0.481 e. The first-order valence-corrected chi connectivity index (χ1v) is 15.4. The van der Waals surface area contributed by atoms with Crippen LogP contribution >= 0.6 is 23.2 Å². The van der Waals surface area contributed by atoms with Crippen LogP contribution in [0.3, 0.4) is 0 Å². The molecule has 0 radical (unpaired) electrons. The molecule has 7 nitrogen and oxygen atoms in total. The Morgan fingerprint density at radius 3 is 2.49 bits per heavy atom. The second-order valence-corrected chi connectivity index (χ2v) is 11.8. The molecule has 9 heteroatoms. The second kappa shape index (κ2) is 12.9. The molecule has 1 aromatic heterocycles. The number of fused-ring (bicyclic) bond motifs is 1. The molecule has 0 saturated carbocycles. The SMILES string of the molecule is COc1nc(-c2cccc(-c3cccc(-c4ccc5c(c4)CNCCN5C)c3Cl)c2Cl)ccc1CNC[C@@H]1CCC(=O)N1. The molecule has 3 heterocycles. The van der Waals surface area contributed by atoms with Crippen LogP contribution in [0.2, 0.25) is 10.0 Å². The lowest BCUT2D eigenvalue weighted by molar-refractivity contribution is -0.119. The smallest absolute Gasteiger partial charge is 0.220 e. The van der Waals surface area contributed by atoms with E-state index in [4.69, 9.17) is 32.9 Å². The van der Waals surface area contributed by atoms with Crippen molar-refractivity contribution in [3.8, 4) is 39.4 Å². The molecule has 3 N–H and O–H groups in total. The number of nitrogens with zero attached hydrogens (tertiary/aromatic N) is 2.